The molecule has 0 aliphatic carbocycles. The molecule has 0 fully saturated rings. The van der Waals surface area contributed by atoms with Crippen LogP contribution in [-0.4, -0.2) is 30.6 Å². The Hall–Kier alpha value is -4.82. The van der Waals surface area contributed by atoms with E-state index in [9.17, 15) is 14.4 Å². The van der Waals surface area contributed by atoms with E-state index in [1.165, 1.54) is 11.8 Å². The van der Waals surface area contributed by atoms with Gasteiger partial charge < -0.3 is 20.7 Å². The van der Waals surface area contributed by atoms with Gasteiger partial charge in [-0.2, -0.15) is 0 Å². The molecule has 0 aliphatic rings. The second-order valence-corrected chi connectivity index (χ2v) is 10.3. The number of methoxy groups -OCH3 is 1. The van der Waals surface area contributed by atoms with Crippen LogP contribution in [-0.2, 0) is 9.59 Å². The Morgan fingerprint density at radius 3 is 2.24 bits per heavy atom. The molecule has 0 atom stereocenters. The second-order valence-electron chi connectivity index (χ2n) is 9.24. The quantitative estimate of drug-likeness (QED) is 0.152. The van der Waals surface area contributed by atoms with Gasteiger partial charge in [-0.3, -0.25) is 14.4 Å². The average Bonchev–Trinajstić information content (AvgIpc) is 2.98. The first-order chi connectivity index (χ1) is 19.8. The van der Waals surface area contributed by atoms with Crippen LogP contribution in [0.15, 0.2) is 108 Å². The molecule has 0 aliphatic heterocycles. The molecule has 4 aromatic carbocycles. The van der Waals surface area contributed by atoms with Gasteiger partial charge in [-0.25, -0.2) is 0 Å². The molecule has 0 saturated carbocycles. The Balaban J connectivity index is 1.47. The Labute approximate surface area is 244 Å². The number of amides is 3. The van der Waals surface area contributed by atoms with Crippen molar-refractivity contribution in [2.24, 2.45) is 0 Å². The van der Waals surface area contributed by atoms with Crippen LogP contribution < -0.4 is 20.7 Å². The number of benzene rings is 4. The highest BCUT2D eigenvalue weighted by atomic mass is 32.2. The zero-order valence-electron chi connectivity index (χ0n) is 23.1. The molecule has 0 unspecified atom stereocenters. The average molecular weight is 566 g/mol. The third-order valence-corrected chi connectivity index (χ3v) is 7.13. The smallest absolute Gasteiger partial charge is 0.272 e. The van der Waals surface area contributed by atoms with E-state index in [0.717, 1.165) is 21.7 Å². The zero-order chi connectivity index (χ0) is 29.2. The predicted octanol–water partition coefficient (Wildman–Crippen LogP) is 6.45. The molecule has 3 amide bonds. The summed E-state index contributed by atoms with van der Waals surface area (Å²) in [6.45, 7) is 3.92. The number of hydrogen-bond donors (Lipinski definition) is 3. The van der Waals surface area contributed by atoms with E-state index >= 15 is 0 Å². The number of para-hydroxylation sites is 1. The minimum atomic E-state index is -0.493. The molecule has 7 nitrogen and oxygen atoms in total. The number of thioether (sulfide) groups is 1. The monoisotopic (exact) mass is 565 g/mol. The molecule has 41 heavy (non-hydrogen) atoms. The first-order valence-electron chi connectivity index (χ1n) is 12.9. The van der Waals surface area contributed by atoms with E-state index in [1.807, 2.05) is 50.2 Å². The van der Waals surface area contributed by atoms with Gasteiger partial charge in [-0.15, -0.1) is 11.8 Å². The van der Waals surface area contributed by atoms with Crippen LogP contribution in [0.3, 0.4) is 0 Å². The van der Waals surface area contributed by atoms with Crippen LogP contribution >= 0.6 is 11.8 Å². The number of rotatable bonds is 10. The van der Waals surface area contributed by atoms with E-state index in [-0.39, 0.29) is 17.4 Å². The number of carbonyl (C=O) groups is 3. The highest BCUT2D eigenvalue weighted by molar-refractivity contribution is 8.00. The lowest BCUT2D eigenvalue weighted by Gasteiger charge is -2.13. The summed E-state index contributed by atoms with van der Waals surface area (Å²) in [5, 5.41) is 8.59. The van der Waals surface area contributed by atoms with Crippen molar-refractivity contribution in [3.05, 3.63) is 125 Å². The number of anilines is 2. The van der Waals surface area contributed by atoms with Gasteiger partial charge in [-0.1, -0.05) is 54.6 Å². The molecule has 4 rings (SSSR count). The highest BCUT2D eigenvalue weighted by Crippen LogP contribution is 2.24. The molecule has 3 N–H and O–H groups in total. The van der Waals surface area contributed by atoms with Gasteiger partial charge in [-0.05, 0) is 79.1 Å². The summed E-state index contributed by atoms with van der Waals surface area (Å²) >= 11 is 1.36. The van der Waals surface area contributed by atoms with Crippen molar-refractivity contribution in [2.75, 3.05) is 23.5 Å². The second kappa shape index (κ2) is 14.0. The van der Waals surface area contributed by atoms with Crippen LogP contribution in [0.2, 0.25) is 0 Å². The summed E-state index contributed by atoms with van der Waals surface area (Å²) in [4.78, 5) is 39.7. The summed E-state index contributed by atoms with van der Waals surface area (Å²) in [7, 11) is 1.56. The molecular formula is C33H31N3O4S. The van der Waals surface area contributed by atoms with Crippen molar-refractivity contribution in [3.8, 4) is 5.75 Å². The normalized spacial score (nSPS) is 11.0. The molecule has 4 aromatic rings. The first-order valence-corrected chi connectivity index (χ1v) is 13.9. The van der Waals surface area contributed by atoms with Gasteiger partial charge in [0.15, 0.2) is 0 Å². The maximum Gasteiger partial charge on any atom is 0.272 e. The van der Waals surface area contributed by atoms with E-state index < -0.39 is 11.8 Å². The van der Waals surface area contributed by atoms with Gasteiger partial charge in [0.2, 0.25) is 5.91 Å². The number of carbonyl (C=O) groups excluding carboxylic acids is 3. The lowest BCUT2D eigenvalue weighted by Crippen LogP contribution is -2.30. The van der Waals surface area contributed by atoms with Crippen molar-refractivity contribution in [1.29, 1.82) is 0 Å². The van der Waals surface area contributed by atoms with Crippen molar-refractivity contribution < 1.29 is 19.1 Å². The van der Waals surface area contributed by atoms with Gasteiger partial charge in [0.1, 0.15) is 11.4 Å². The fourth-order valence-electron chi connectivity index (χ4n) is 4.04. The molecule has 0 bridgehead atoms. The SMILES string of the molecule is COc1cccc(/C=C(\NC(=O)c2ccccc2)C(=O)Nc2cccc(SCC(=O)Nc3c(C)cccc3C)c2)c1. The number of hydrogen-bond acceptors (Lipinski definition) is 5. The summed E-state index contributed by atoms with van der Waals surface area (Å²) in [6.07, 6.45) is 1.59. The predicted molar refractivity (Wildman–Crippen MR) is 165 cm³/mol. The van der Waals surface area contributed by atoms with Crippen molar-refractivity contribution in [1.82, 2.24) is 5.32 Å². The van der Waals surface area contributed by atoms with Crippen molar-refractivity contribution >= 4 is 46.9 Å². The minimum Gasteiger partial charge on any atom is -0.497 e. The van der Waals surface area contributed by atoms with Crippen LogP contribution in [0.1, 0.15) is 27.0 Å². The van der Waals surface area contributed by atoms with E-state index in [2.05, 4.69) is 16.0 Å². The van der Waals surface area contributed by atoms with Gasteiger partial charge >= 0.3 is 0 Å². The Morgan fingerprint density at radius 2 is 1.51 bits per heavy atom. The number of ether oxygens (including phenoxy) is 1. The fraction of sp³-hybridized carbons (Fsp3) is 0.121. The molecule has 0 spiro atoms. The van der Waals surface area contributed by atoms with Crippen LogP contribution in [0.25, 0.3) is 6.08 Å². The maximum absolute atomic E-state index is 13.4. The van der Waals surface area contributed by atoms with Crippen LogP contribution in [0.5, 0.6) is 5.75 Å². The topological polar surface area (TPSA) is 96.5 Å². The summed E-state index contributed by atoms with van der Waals surface area (Å²) in [5.74, 6) is -0.186. The molecule has 0 aromatic heterocycles. The zero-order valence-corrected chi connectivity index (χ0v) is 23.9. The van der Waals surface area contributed by atoms with Crippen molar-refractivity contribution in [3.63, 3.8) is 0 Å². The molecule has 0 radical (unpaired) electrons. The van der Waals surface area contributed by atoms with Gasteiger partial charge in [0, 0.05) is 21.8 Å². The van der Waals surface area contributed by atoms with E-state index in [4.69, 9.17) is 4.74 Å². The lowest BCUT2D eigenvalue weighted by molar-refractivity contribution is -0.114. The van der Waals surface area contributed by atoms with Gasteiger partial charge in [0.05, 0.1) is 12.9 Å². The maximum atomic E-state index is 13.4. The van der Waals surface area contributed by atoms with Crippen LogP contribution in [0, 0.1) is 13.8 Å². The molecule has 0 saturated heterocycles. The minimum absolute atomic E-state index is 0.0677. The summed E-state index contributed by atoms with van der Waals surface area (Å²) in [6, 6.07) is 28.9. The lowest BCUT2D eigenvalue weighted by atomic mass is 10.1. The first kappa shape index (κ1) is 29.2. The third-order valence-electron chi connectivity index (χ3n) is 6.14. The van der Waals surface area contributed by atoms with Crippen LogP contribution in [0.4, 0.5) is 11.4 Å². The summed E-state index contributed by atoms with van der Waals surface area (Å²) < 4.78 is 5.29. The Bertz CT molecular complexity index is 1560. The van der Waals surface area contributed by atoms with E-state index in [1.54, 1.807) is 73.8 Å². The Morgan fingerprint density at radius 1 is 0.805 bits per heavy atom. The largest absolute Gasteiger partial charge is 0.497 e. The molecule has 208 valence electrons. The Kier molecular flexibility index (Phi) is 9.96. The molecule has 8 heteroatoms. The number of aryl methyl sites for hydroxylation is 2. The third kappa shape index (κ3) is 8.33. The molecule has 0 heterocycles. The fourth-order valence-corrected chi connectivity index (χ4v) is 4.79. The highest BCUT2D eigenvalue weighted by Gasteiger charge is 2.16. The van der Waals surface area contributed by atoms with Gasteiger partial charge in [0.25, 0.3) is 11.8 Å². The van der Waals surface area contributed by atoms with E-state index in [0.29, 0.717) is 22.6 Å². The number of nitrogens with one attached hydrogen (secondary N) is 3. The standard InChI is InChI=1S/C33H31N3O4S/c1-22-10-7-11-23(2)31(22)36-30(37)21-41-28-17-9-15-26(20-28)34-33(39)29(19-24-12-8-16-27(18-24)40-3)35-32(38)25-13-5-4-6-14-25/h4-20H,21H2,1-3H3,(H,34,39)(H,35,38)(H,36,37)/b29-19-. The summed E-state index contributed by atoms with van der Waals surface area (Å²) in [5.41, 5.74) is 4.54. The molecular weight excluding hydrogens is 534 g/mol. The van der Waals surface area contributed by atoms with Crippen molar-refractivity contribution in [2.45, 2.75) is 18.7 Å².